The standard InChI is InChI=1S/C15H20ClNO3/c1-10(18)14-8-12(16)7-11(15(14)19)9-17(2)13-3-5-20-6-4-13/h7-8,13,19H,3-6,9H2,1-2H3. The van der Waals surface area contributed by atoms with Crippen LogP contribution in [0.25, 0.3) is 0 Å². The maximum absolute atomic E-state index is 11.5. The van der Waals surface area contributed by atoms with Crippen molar-refractivity contribution in [3.63, 3.8) is 0 Å². The van der Waals surface area contributed by atoms with Crippen LogP contribution in [0.2, 0.25) is 5.02 Å². The van der Waals surface area contributed by atoms with Gasteiger partial charge in [0, 0.05) is 36.4 Å². The molecule has 0 aromatic heterocycles. The molecule has 0 atom stereocenters. The maximum atomic E-state index is 11.5. The molecule has 5 heteroatoms. The highest BCUT2D eigenvalue weighted by Gasteiger charge is 2.21. The van der Waals surface area contributed by atoms with E-state index >= 15 is 0 Å². The summed E-state index contributed by atoms with van der Waals surface area (Å²) in [5.74, 6) is -0.138. The number of benzene rings is 1. The summed E-state index contributed by atoms with van der Waals surface area (Å²) in [5, 5.41) is 10.7. The Morgan fingerprint density at radius 3 is 2.70 bits per heavy atom. The number of hydrogen-bond donors (Lipinski definition) is 1. The normalized spacial score (nSPS) is 16.6. The van der Waals surface area contributed by atoms with Gasteiger partial charge in [0.25, 0.3) is 0 Å². The third-order valence-electron chi connectivity index (χ3n) is 3.77. The van der Waals surface area contributed by atoms with Gasteiger partial charge in [-0.2, -0.15) is 0 Å². The summed E-state index contributed by atoms with van der Waals surface area (Å²) in [6.07, 6.45) is 1.97. The first kappa shape index (κ1) is 15.3. The van der Waals surface area contributed by atoms with Crippen molar-refractivity contribution in [3.05, 3.63) is 28.3 Å². The van der Waals surface area contributed by atoms with Crippen molar-refractivity contribution in [2.45, 2.75) is 32.4 Å². The van der Waals surface area contributed by atoms with Crippen molar-refractivity contribution in [1.82, 2.24) is 4.90 Å². The van der Waals surface area contributed by atoms with Gasteiger partial charge in [-0.3, -0.25) is 9.69 Å². The van der Waals surface area contributed by atoms with Gasteiger partial charge in [-0.1, -0.05) is 11.6 Å². The first-order valence-corrected chi connectivity index (χ1v) is 7.17. The van der Waals surface area contributed by atoms with Gasteiger partial charge in [0.05, 0.1) is 5.56 Å². The molecule has 2 rings (SSSR count). The lowest BCUT2D eigenvalue weighted by molar-refractivity contribution is 0.0405. The molecule has 1 aromatic carbocycles. The summed E-state index contributed by atoms with van der Waals surface area (Å²) in [6.45, 7) is 3.54. The number of carbonyl (C=O) groups excluding carboxylic acids is 1. The van der Waals surface area contributed by atoms with E-state index in [0.717, 1.165) is 26.1 Å². The first-order valence-electron chi connectivity index (χ1n) is 6.79. The molecule has 0 radical (unpaired) electrons. The molecule has 1 N–H and O–H groups in total. The Bertz CT molecular complexity index is 498. The van der Waals surface area contributed by atoms with Crippen LogP contribution < -0.4 is 0 Å². The van der Waals surface area contributed by atoms with Crippen LogP contribution in [0, 0.1) is 0 Å². The number of nitrogens with zero attached hydrogens (tertiary/aromatic N) is 1. The number of halogens is 1. The van der Waals surface area contributed by atoms with Crippen LogP contribution in [0.4, 0.5) is 0 Å². The van der Waals surface area contributed by atoms with Crippen LogP contribution in [-0.4, -0.2) is 42.1 Å². The van der Waals surface area contributed by atoms with Crippen molar-refractivity contribution >= 4 is 17.4 Å². The summed E-state index contributed by atoms with van der Waals surface area (Å²) in [5.41, 5.74) is 0.976. The van der Waals surface area contributed by atoms with Crippen molar-refractivity contribution in [2.24, 2.45) is 0 Å². The number of phenolic OH excluding ortho intramolecular Hbond substituents is 1. The van der Waals surface area contributed by atoms with E-state index in [1.54, 1.807) is 6.07 Å². The van der Waals surface area contributed by atoms with Gasteiger partial charge >= 0.3 is 0 Å². The zero-order chi connectivity index (χ0) is 14.7. The van der Waals surface area contributed by atoms with E-state index in [1.165, 1.54) is 13.0 Å². The molecule has 1 saturated heterocycles. The van der Waals surface area contributed by atoms with Gasteiger partial charge in [-0.25, -0.2) is 0 Å². The van der Waals surface area contributed by atoms with E-state index in [1.807, 2.05) is 7.05 Å². The summed E-state index contributed by atoms with van der Waals surface area (Å²) in [4.78, 5) is 13.7. The topological polar surface area (TPSA) is 49.8 Å². The number of hydrogen-bond acceptors (Lipinski definition) is 4. The molecule has 1 aromatic rings. The molecule has 0 bridgehead atoms. The number of aromatic hydroxyl groups is 1. The zero-order valence-electron chi connectivity index (χ0n) is 11.9. The van der Waals surface area contributed by atoms with Gasteiger partial charge in [-0.05, 0) is 38.9 Å². The highest BCUT2D eigenvalue weighted by atomic mass is 35.5. The smallest absolute Gasteiger partial charge is 0.163 e. The fourth-order valence-corrected chi connectivity index (χ4v) is 2.81. The number of carbonyl (C=O) groups is 1. The average Bonchev–Trinajstić information content (AvgIpc) is 2.43. The summed E-state index contributed by atoms with van der Waals surface area (Å²) in [7, 11) is 2.02. The van der Waals surface area contributed by atoms with E-state index in [9.17, 15) is 9.90 Å². The van der Waals surface area contributed by atoms with Crippen molar-refractivity contribution < 1.29 is 14.6 Å². The Morgan fingerprint density at radius 2 is 2.10 bits per heavy atom. The molecule has 0 aliphatic carbocycles. The molecule has 1 heterocycles. The first-order chi connectivity index (χ1) is 9.49. The minimum absolute atomic E-state index is 0.0424. The molecule has 1 aliphatic rings. The number of ketones is 1. The fraction of sp³-hybridized carbons (Fsp3) is 0.533. The van der Waals surface area contributed by atoms with Crippen molar-refractivity contribution in [2.75, 3.05) is 20.3 Å². The van der Waals surface area contributed by atoms with Gasteiger partial charge in [0.2, 0.25) is 0 Å². The largest absolute Gasteiger partial charge is 0.507 e. The van der Waals surface area contributed by atoms with Crippen LogP contribution >= 0.6 is 11.6 Å². The second kappa shape index (κ2) is 6.57. The molecule has 4 nitrogen and oxygen atoms in total. The highest BCUT2D eigenvalue weighted by Crippen LogP contribution is 2.29. The fourth-order valence-electron chi connectivity index (χ4n) is 2.57. The second-order valence-corrected chi connectivity index (χ2v) is 5.71. The number of rotatable bonds is 4. The predicted molar refractivity (Wildman–Crippen MR) is 78.4 cm³/mol. The Hall–Kier alpha value is -1.10. The van der Waals surface area contributed by atoms with Gasteiger partial charge in [-0.15, -0.1) is 0 Å². The molecular weight excluding hydrogens is 278 g/mol. The van der Waals surface area contributed by atoms with E-state index < -0.39 is 0 Å². The molecule has 0 saturated carbocycles. The molecule has 1 aliphatic heterocycles. The van der Waals surface area contributed by atoms with E-state index in [-0.39, 0.29) is 17.1 Å². The van der Waals surface area contributed by atoms with E-state index in [4.69, 9.17) is 16.3 Å². The number of Topliss-reactive ketones (excluding diaryl/α,β-unsaturated/α-hetero) is 1. The maximum Gasteiger partial charge on any atom is 0.163 e. The minimum Gasteiger partial charge on any atom is -0.507 e. The molecule has 1 fully saturated rings. The molecule has 0 spiro atoms. The Morgan fingerprint density at radius 1 is 1.45 bits per heavy atom. The third-order valence-corrected chi connectivity index (χ3v) is 3.99. The Kier molecular flexibility index (Phi) is 5.02. The lowest BCUT2D eigenvalue weighted by Crippen LogP contribution is -2.36. The highest BCUT2D eigenvalue weighted by molar-refractivity contribution is 6.31. The van der Waals surface area contributed by atoms with Crippen molar-refractivity contribution in [3.8, 4) is 5.75 Å². The molecule has 0 unspecified atom stereocenters. The van der Waals surface area contributed by atoms with E-state index in [2.05, 4.69) is 4.90 Å². The lowest BCUT2D eigenvalue weighted by Gasteiger charge is -2.31. The second-order valence-electron chi connectivity index (χ2n) is 5.28. The monoisotopic (exact) mass is 297 g/mol. The van der Waals surface area contributed by atoms with Crippen LogP contribution in [0.5, 0.6) is 5.75 Å². The van der Waals surface area contributed by atoms with Gasteiger partial charge in [0.15, 0.2) is 5.78 Å². The molecule has 110 valence electrons. The minimum atomic E-state index is -0.181. The van der Waals surface area contributed by atoms with Crippen molar-refractivity contribution in [1.29, 1.82) is 0 Å². The average molecular weight is 298 g/mol. The predicted octanol–water partition coefficient (Wildman–Crippen LogP) is 2.86. The SMILES string of the molecule is CC(=O)c1cc(Cl)cc(CN(C)C2CCOCC2)c1O. The quantitative estimate of drug-likeness (QED) is 0.868. The van der Waals surface area contributed by atoms with Crippen LogP contribution in [0.3, 0.4) is 0 Å². The van der Waals surface area contributed by atoms with Crippen LogP contribution in [0.15, 0.2) is 12.1 Å². The summed E-state index contributed by atoms with van der Waals surface area (Å²) in [6, 6.07) is 3.67. The summed E-state index contributed by atoms with van der Waals surface area (Å²) < 4.78 is 5.35. The Labute approximate surface area is 124 Å². The zero-order valence-corrected chi connectivity index (χ0v) is 12.6. The summed E-state index contributed by atoms with van der Waals surface area (Å²) >= 11 is 6.03. The molecular formula is C15H20ClNO3. The molecule has 20 heavy (non-hydrogen) atoms. The van der Waals surface area contributed by atoms with Gasteiger partial charge in [0.1, 0.15) is 5.75 Å². The van der Waals surface area contributed by atoms with Crippen LogP contribution in [0.1, 0.15) is 35.7 Å². The van der Waals surface area contributed by atoms with Gasteiger partial charge < -0.3 is 9.84 Å². The molecule has 0 amide bonds. The Balaban J connectivity index is 2.17. The number of phenols is 1. The van der Waals surface area contributed by atoms with Crippen LogP contribution in [-0.2, 0) is 11.3 Å². The van der Waals surface area contributed by atoms with E-state index in [0.29, 0.717) is 23.2 Å². The number of ether oxygens (including phenoxy) is 1. The lowest BCUT2D eigenvalue weighted by atomic mass is 10.0. The third kappa shape index (κ3) is 3.51.